The summed E-state index contributed by atoms with van der Waals surface area (Å²) < 4.78 is 11.0. The molecule has 0 amide bonds. The van der Waals surface area contributed by atoms with Crippen molar-refractivity contribution in [1.82, 2.24) is 0 Å². The zero-order chi connectivity index (χ0) is 13.2. The number of hydrogen-bond acceptors (Lipinski definition) is 3. The summed E-state index contributed by atoms with van der Waals surface area (Å²) in [7, 11) is 3.48. The van der Waals surface area contributed by atoms with Gasteiger partial charge in [0.25, 0.3) is 0 Å². The second-order valence-electron chi connectivity index (χ2n) is 5.30. The second-order valence-corrected chi connectivity index (χ2v) is 5.30. The summed E-state index contributed by atoms with van der Waals surface area (Å²) in [6.45, 7) is 2.07. The van der Waals surface area contributed by atoms with E-state index in [-0.39, 0.29) is 11.6 Å². The Labute approximate surface area is 109 Å². The van der Waals surface area contributed by atoms with E-state index in [4.69, 9.17) is 15.2 Å². The van der Waals surface area contributed by atoms with Crippen LogP contribution in [0.15, 0.2) is 18.2 Å². The van der Waals surface area contributed by atoms with E-state index in [1.807, 2.05) is 12.1 Å². The van der Waals surface area contributed by atoms with E-state index >= 15 is 0 Å². The van der Waals surface area contributed by atoms with Crippen LogP contribution in [0.1, 0.15) is 42.9 Å². The third kappa shape index (κ3) is 2.52. The molecule has 0 aromatic heterocycles. The van der Waals surface area contributed by atoms with Gasteiger partial charge in [-0.05, 0) is 38.7 Å². The predicted octanol–water partition coefficient (Wildman–Crippen LogP) is 2.96. The zero-order valence-corrected chi connectivity index (χ0v) is 11.5. The van der Waals surface area contributed by atoms with Crippen molar-refractivity contribution >= 4 is 0 Å². The average molecular weight is 249 g/mol. The molecule has 0 radical (unpaired) electrons. The molecule has 1 aliphatic carbocycles. The van der Waals surface area contributed by atoms with Crippen molar-refractivity contribution in [3.8, 4) is 5.75 Å². The van der Waals surface area contributed by atoms with Crippen molar-refractivity contribution in [2.75, 3.05) is 14.2 Å². The fraction of sp³-hybridized carbons (Fsp3) is 0.600. The molecule has 2 rings (SSSR count). The summed E-state index contributed by atoms with van der Waals surface area (Å²) in [5.41, 5.74) is 8.64. The van der Waals surface area contributed by atoms with Gasteiger partial charge in [-0.15, -0.1) is 0 Å². The summed E-state index contributed by atoms with van der Waals surface area (Å²) in [6, 6.07) is 6.13. The Morgan fingerprint density at radius 3 is 2.56 bits per heavy atom. The quantitative estimate of drug-likeness (QED) is 0.872. The van der Waals surface area contributed by atoms with Crippen LogP contribution in [0.25, 0.3) is 0 Å². The van der Waals surface area contributed by atoms with E-state index in [1.54, 1.807) is 14.2 Å². The minimum absolute atomic E-state index is 0.00578. The van der Waals surface area contributed by atoms with Crippen molar-refractivity contribution in [3.05, 3.63) is 29.3 Å². The fourth-order valence-corrected chi connectivity index (χ4v) is 2.72. The Morgan fingerprint density at radius 1 is 1.33 bits per heavy atom. The number of aryl methyl sites for hydroxylation is 1. The van der Waals surface area contributed by atoms with Gasteiger partial charge < -0.3 is 15.2 Å². The largest absolute Gasteiger partial charge is 0.496 e. The average Bonchev–Trinajstić information content (AvgIpc) is 2.33. The minimum Gasteiger partial charge on any atom is -0.496 e. The lowest BCUT2D eigenvalue weighted by molar-refractivity contribution is -0.0817. The highest BCUT2D eigenvalue weighted by Crippen LogP contribution is 2.42. The molecule has 0 heterocycles. The molecule has 1 aromatic carbocycles. The summed E-state index contributed by atoms with van der Waals surface area (Å²) in [6.07, 6.45) is 4.34. The normalized spacial score (nSPS) is 19.1. The third-order valence-corrected chi connectivity index (χ3v) is 4.07. The Balaban J connectivity index is 2.17. The summed E-state index contributed by atoms with van der Waals surface area (Å²) in [5, 5.41) is 0. The molecule has 0 aliphatic heterocycles. The van der Waals surface area contributed by atoms with Crippen LogP contribution in [0.4, 0.5) is 0 Å². The molecule has 1 aromatic rings. The van der Waals surface area contributed by atoms with E-state index in [9.17, 15) is 0 Å². The number of benzene rings is 1. The van der Waals surface area contributed by atoms with Gasteiger partial charge >= 0.3 is 0 Å². The summed E-state index contributed by atoms with van der Waals surface area (Å²) >= 11 is 0. The van der Waals surface area contributed by atoms with Gasteiger partial charge in [0.15, 0.2) is 0 Å². The first-order valence-corrected chi connectivity index (χ1v) is 6.55. The van der Waals surface area contributed by atoms with E-state index < -0.39 is 0 Å². The van der Waals surface area contributed by atoms with Crippen molar-refractivity contribution in [1.29, 1.82) is 0 Å². The molecule has 1 fully saturated rings. The molecule has 1 saturated carbocycles. The number of ether oxygens (including phenoxy) is 2. The van der Waals surface area contributed by atoms with Gasteiger partial charge in [-0.25, -0.2) is 0 Å². The summed E-state index contributed by atoms with van der Waals surface area (Å²) in [4.78, 5) is 0. The highest BCUT2D eigenvalue weighted by Gasteiger charge is 2.38. The lowest BCUT2D eigenvalue weighted by atomic mass is 9.74. The lowest BCUT2D eigenvalue weighted by Crippen LogP contribution is -2.41. The molecule has 100 valence electrons. The molecule has 18 heavy (non-hydrogen) atoms. The van der Waals surface area contributed by atoms with Crippen LogP contribution in [0.3, 0.4) is 0 Å². The van der Waals surface area contributed by atoms with Crippen LogP contribution >= 0.6 is 0 Å². The van der Waals surface area contributed by atoms with E-state index in [0.29, 0.717) is 0 Å². The smallest absolute Gasteiger partial charge is 0.123 e. The van der Waals surface area contributed by atoms with Gasteiger partial charge in [0.1, 0.15) is 5.75 Å². The van der Waals surface area contributed by atoms with Crippen LogP contribution < -0.4 is 10.5 Å². The molecular weight excluding hydrogens is 226 g/mol. The van der Waals surface area contributed by atoms with Gasteiger partial charge in [0.2, 0.25) is 0 Å². The van der Waals surface area contributed by atoms with Crippen LogP contribution in [-0.2, 0) is 4.74 Å². The van der Waals surface area contributed by atoms with E-state index in [2.05, 4.69) is 13.0 Å². The van der Waals surface area contributed by atoms with Gasteiger partial charge in [-0.3, -0.25) is 0 Å². The first-order chi connectivity index (χ1) is 8.60. The Hall–Kier alpha value is -1.06. The highest BCUT2D eigenvalue weighted by atomic mass is 16.5. The van der Waals surface area contributed by atoms with Crippen LogP contribution in [0.2, 0.25) is 0 Å². The summed E-state index contributed by atoms with van der Waals surface area (Å²) in [5.74, 6) is 0.874. The Morgan fingerprint density at radius 2 is 2.06 bits per heavy atom. The SMILES string of the molecule is COc1ccc(C)cc1C(N)CC1(OC)CCC1. The number of hydrogen-bond donors (Lipinski definition) is 1. The second kappa shape index (κ2) is 5.29. The maximum absolute atomic E-state index is 6.35. The number of nitrogens with two attached hydrogens (primary N) is 1. The molecule has 1 atom stereocenters. The van der Waals surface area contributed by atoms with Crippen molar-refractivity contribution in [2.45, 2.75) is 44.2 Å². The number of methoxy groups -OCH3 is 2. The topological polar surface area (TPSA) is 44.5 Å². The maximum atomic E-state index is 6.35. The molecule has 2 N–H and O–H groups in total. The molecule has 3 nitrogen and oxygen atoms in total. The molecule has 0 saturated heterocycles. The monoisotopic (exact) mass is 249 g/mol. The first-order valence-electron chi connectivity index (χ1n) is 6.55. The minimum atomic E-state index is -0.0277. The zero-order valence-electron chi connectivity index (χ0n) is 11.5. The van der Waals surface area contributed by atoms with Crippen molar-refractivity contribution < 1.29 is 9.47 Å². The lowest BCUT2D eigenvalue weighted by Gasteiger charge is -2.42. The van der Waals surface area contributed by atoms with Gasteiger partial charge in [0.05, 0.1) is 12.7 Å². The molecule has 3 heteroatoms. The van der Waals surface area contributed by atoms with Crippen molar-refractivity contribution in [2.24, 2.45) is 5.73 Å². The predicted molar refractivity (Wildman–Crippen MR) is 72.9 cm³/mol. The Bertz CT molecular complexity index is 407. The van der Waals surface area contributed by atoms with Gasteiger partial charge in [-0.2, -0.15) is 0 Å². The highest BCUT2D eigenvalue weighted by molar-refractivity contribution is 5.39. The van der Waals surface area contributed by atoms with Crippen LogP contribution in [0, 0.1) is 6.92 Å². The van der Waals surface area contributed by atoms with Crippen LogP contribution in [-0.4, -0.2) is 19.8 Å². The van der Waals surface area contributed by atoms with Gasteiger partial charge in [-0.1, -0.05) is 17.7 Å². The van der Waals surface area contributed by atoms with Crippen molar-refractivity contribution in [3.63, 3.8) is 0 Å². The first kappa shape index (κ1) is 13.4. The molecule has 1 aliphatic rings. The fourth-order valence-electron chi connectivity index (χ4n) is 2.72. The van der Waals surface area contributed by atoms with Gasteiger partial charge in [0, 0.05) is 18.7 Å². The van der Waals surface area contributed by atoms with E-state index in [1.165, 1.54) is 12.0 Å². The standard InChI is InChI=1S/C15H23NO2/c1-11-5-6-14(17-2)12(9-11)13(16)10-15(18-3)7-4-8-15/h5-6,9,13H,4,7-8,10,16H2,1-3H3. The van der Waals surface area contributed by atoms with Crippen LogP contribution in [0.5, 0.6) is 5.75 Å². The molecule has 0 bridgehead atoms. The number of rotatable bonds is 5. The third-order valence-electron chi connectivity index (χ3n) is 4.07. The maximum Gasteiger partial charge on any atom is 0.123 e. The van der Waals surface area contributed by atoms with E-state index in [0.717, 1.165) is 30.6 Å². The molecular formula is C15H23NO2. The molecule has 1 unspecified atom stereocenters. The molecule has 0 spiro atoms. The Kier molecular flexibility index (Phi) is 3.93.